The van der Waals surface area contributed by atoms with Crippen LogP contribution < -0.4 is 15.8 Å². The third-order valence-corrected chi connectivity index (χ3v) is 4.15. The van der Waals surface area contributed by atoms with Gasteiger partial charge in [-0.2, -0.15) is 0 Å². The van der Waals surface area contributed by atoms with Gasteiger partial charge in [0, 0.05) is 12.8 Å². The summed E-state index contributed by atoms with van der Waals surface area (Å²) in [5.41, 5.74) is 7.30. The van der Waals surface area contributed by atoms with E-state index < -0.39 is 23.8 Å². The van der Waals surface area contributed by atoms with E-state index in [1.54, 1.807) is 19.1 Å². The van der Waals surface area contributed by atoms with Crippen LogP contribution in [0.3, 0.4) is 0 Å². The molecule has 7 nitrogen and oxygen atoms in total. The largest absolute Gasteiger partial charge is 0.489 e. The molecule has 0 saturated heterocycles. The average molecular weight is 398 g/mol. The number of primary amides is 1. The van der Waals surface area contributed by atoms with Gasteiger partial charge < -0.3 is 20.5 Å². The van der Waals surface area contributed by atoms with Crippen LogP contribution in [0.15, 0.2) is 54.6 Å². The Morgan fingerprint density at radius 2 is 1.66 bits per heavy atom. The van der Waals surface area contributed by atoms with Crippen LogP contribution in [0.1, 0.15) is 30.9 Å². The van der Waals surface area contributed by atoms with E-state index in [4.69, 9.17) is 15.2 Å². The molecule has 29 heavy (non-hydrogen) atoms. The Labute approximate surface area is 170 Å². The van der Waals surface area contributed by atoms with Gasteiger partial charge in [-0.15, -0.1) is 0 Å². The van der Waals surface area contributed by atoms with Crippen molar-refractivity contribution < 1.29 is 23.9 Å². The van der Waals surface area contributed by atoms with Crippen molar-refractivity contribution in [3.8, 4) is 5.75 Å². The molecule has 1 atom stereocenters. The van der Waals surface area contributed by atoms with Gasteiger partial charge in [0.25, 0.3) is 0 Å². The molecule has 0 aliphatic rings. The van der Waals surface area contributed by atoms with E-state index in [1.807, 2.05) is 42.5 Å². The van der Waals surface area contributed by atoms with Crippen LogP contribution in [0, 0.1) is 0 Å². The molecule has 0 bridgehead atoms. The van der Waals surface area contributed by atoms with Crippen LogP contribution in [0.25, 0.3) is 0 Å². The van der Waals surface area contributed by atoms with Crippen LogP contribution in [0.4, 0.5) is 0 Å². The molecule has 3 N–H and O–H groups in total. The third kappa shape index (κ3) is 8.04. The highest BCUT2D eigenvalue weighted by atomic mass is 16.5. The second kappa shape index (κ2) is 11.5. The van der Waals surface area contributed by atoms with Gasteiger partial charge in [0.15, 0.2) is 0 Å². The molecule has 0 aliphatic carbocycles. The number of hydrogen-bond acceptors (Lipinski definition) is 5. The lowest BCUT2D eigenvalue weighted by molar-refractivity contribution is -0.144. The maximum atomic E-state index is 12.0. The number of benzene rings is 2. The first-order valence-electron chi connectivity index (χ1n) is 9.48. The molecule has 2 amide bonds. The normalized spacial score (nSPS) is 11.3. The Morgan fingerprint density at radius 3 is 2.28 bits per heavy atom. The molecule has 0 aromatic heterocycles. The third-order valence-electron chi connectivity index (χ3n) is 4.15. The SMILES string of the molecule is CCOC(=O)CCC(=O)N[C@@H](Cc1ccc(OCc2ccccc2)cc1)C(N)=O. The van der Waals surface area contributed by atoms with Crippen LogP contribution in [0.5, 0.6) is 5.75 Å². The molecule has 0 aliphatic heterocycles. The molecule has 0 radical (unpaired) electrons. The van der Waals surface area contributed by atoms with Crippen molar-refractivity contribution in [1.82, 2.24) is 5.32 Å². The maximum Gasteiger partial charge on any atom is 0.306 e. The van der Waals surface area contributed by atoms with E-state index >= 15 is 0 Å². The highest BCUT2D eigenvalue weighted by Crippen LogP contribution is 2.15. The summed E-state index contributed by atoms with van der Waals surface area (Å²) in [6, 6.07) is 16.2. The highest BCUT2D eigenvalue weighted by molar-refractivity contribution is 5.88. The van der Waals surface area contributed by atoms with Crippen LogP contribution >= 0.6 is 0 Å². The van der Waals surface area contributed by atoms with E-state index in [2.05, 4.69) is 5.32 Å². The predicted molar refractivity (Wildman–Crippen MR) is 108 cm³/mol. The molecule has 2 aromatic rings. The zero-order valence-corrected chi connectivity index (χ0v) is 16.4. The number of nitrogens with two attached hydrogens (primary N) is 1. The molecule has 0 heterocycles. The van der Waals surface area contributed by atoms with E-state index in [0.29, 0.717) is 12.4 Å². The number of amides is 2. The summed E-state index contributed by atoms with van der Waals surface area (Å²) < 4.78 is 10.5. The number of carbonyl (C=O) groups excluding carboxylic acids is 3. The van der Waals surface area contributed by atoms with Crippen LogP contribution in [0.2, 0.25) is 0 Å². The van der Waals surface area contributed by atoms with Crippen molar-refractivity contribution in [1.29, 1.82) is 0 Å². The average Bonchev–Trinajstić information content (AvgIpc) is 2.72. The number of nitrogens with one attached hydrogen (secondary N) is 1. The topological polar surface area (TPSA) is 108 Å². The van der Waals surface area contributed by atoms with Gasteiger partial charge in [0.05, 0.1) is 13.0 Å². The number of ether oxygens (including phenoxy) is 2. The smallest absolute Gasteiger partial charge is 0.306 e. The van der Waals surface area contributed by atoms with Gasteiger partial charge >= 0.3 is 5.97 Å². The molecule has 2 rings (SSSR count). The summed E-state index contributed by atoms with van der Waals surface area (Å²) in [5.74, 6) is -0.820. The Hall–Kier alpha value is -3.35. The summed E-state index contributed by atoms with van der Waals surface area (Å²) in [5, 5.41) is 2.57. The van der Waals surface area contributed by atoms with Crippen molar-refractivity contribution in [2.24, 2.45) is 5.73 Å². The Bertz CT molecular complexity index is 806. The minimum Gasteiger partial charge on any atom is -0.489 e. The lowest BCUT2D eigenvalue weighted by Crippen LogP contribution is -2.45. The highest BCUT2D eigenvalue weighted by Gasteiger charge is 2.19. The lowest BCUT2D eigenvalue weighted by Gasteiger charge is -2.16. The lowest BCUT2D eigenvalue weighted by atomic mass is 10.0. The van der Waals surface area contributed by atoms with E-state index in [1.165, 1.54) is 0 Å². The molecule has 0 fully saturated rings. The maximum absolute atomic E-state index is 12.0. The van der Waals surface area contributed by atoms with Gasteiger partial charge in [-0.25, -0.2) is 0 Å². The van der Waals surface area contributed by atoms with Gasteiger partial charge in [-0.05, 0) is 30.2 Å². The fourth-order valence-corrected chi connectivity index (χ4v) is 2.64. The Morgan fingerprint density at radius 1 is 0.966 bits per heavy atom. The summed E-state index contributed by atoms with van der Waals surface area (Å²) >= 11 is 0. The number of esters is 1. The summed E-state index contributed by atoms with van der Waals surface area (Å²) in [6.07, 6.45) is 0.146. The van der Waals surface area contributed by atoms with E-state index in [-0.39, 0.29) is 25.9 Å². The van der Waals surface area contributed by atoms with Crippen molar-refractivity contribution in [3.05, 3.63) is 65.7 Å². The minimum absolute atomic E-state index is 0.0431. The molecule has 2 aromatic carbocycles. The summed E-state index contributed by atoms with van der Waals surface area (Å²) in [7, 11) is 0. The fourth-order valence-electron chi connectivity index (χ4n) is 2.64. The van der Waals surface area contributed by atoms with Crippen molar-refractivity contribution in [2.75, 3.05) is 6.61 Å². The van der Waals surface area contributed by atoms with Crippen molar-refractivity contribution >= 4 is 17.8 Å². The van der Waals surface area contributed by atoms with Gasteiger partial charge in [0.2, 0.25) is 11.8 Å². The summed E-state index contributed by atoms with van der Waals surface area (Å²) in [6.45, 7) is 2.41. The first kappa shape index (κ1) is 21.9. The Balaban J connectivity index is 1.85. The molecule has 7 heteroatoms. The van der Waals surface area contributed by atoms with E-state index in [0.717, 1.165) is 11.1 Å². The number of carbonyl (C=O) groups is 3. The molecule has 0 spiro atoms. The first-order valence-corrected chi connectivity index (χ1v) is 9.48. The molecular formula is C22H26N2O5. The first-order chi connectivity index (χ1) is 14.0. The predicted octanol–water partition coefficient (Wildman–Crippen LogP) is 2.12. The zero-order valence-electron chi connectivity index (χ0n) is 16.4. The standard InChI is InChI=1S/C22H26N2O5/c1-2-28-21(26)13-12-20(25)24-19(22(23)27)14-16-8-10-18(11-9-16)29-15-17-6-4-3-5-7-17/h3-11,19H,2,12-15H2,1H3,(H2,23,27)(H,24,25)/t19-/m0/s1. The minimum atomic E-state index is -0.860. The van der Waals surface area contributed by atoms with Gasteiger partial charge in [-0.1, -0.05) is 42.5 Å². The second-order valence-electron chi connectivity index (χ2n) is 6.45. The monoisotopic (exact) mass is 398 g/mol. The number of hydrogen-bond donors (Lipinski definition) is 2. The zero-order chi connectivity index (χ0) is 21.1. The molecule has 0 unspecified atom stereocenters. The molecule has 0 saturated carbocycles. The summed E-state index contributed by atoms with van der Waals surface area (Å²) in [4.78, 5) is 35.0. The van der Waals surface area contributed by atoms with Crippen LogP contribution in [-0.2, 0) is 32.1 Å². The Kier molecular flexibility index (Phi) is 8.69. The molecular weight excluding hydrogens is 372 g/mol. The van der Waals surface area contributed by atoms with Gasteiger partial charge in [-0.3, -0.25) is 14.4 Å². The number of rotatable bonds is 11. The fraction of sp³-hybridized carbons (Fsp3) is 0.318. The van der Waals surface area contributed by atoms with Gasteiger partial charge in [0.1, 0.15) is 18.4 Å². The van der Waals surface area contributed by atoms with Crippen molar-refractivity contribution in [2.45, 2.75) is 38.8 Å². The quantitative estimate of drug-likeness (QED) is 0.564. The van der Waals surface area contributed by atoms with Crippen LogP contribution in [-0.4, -0.2) is 30.4 Å². The van der Waals surface area contributed by atoms with E-state index in [9.17, 15) is 14.4 Å². The van der Waals surface area contributed by atoms with Crippen molar-refractivity contribution in [3.63, 3.8) is 0 Å². The second-order valence-corrected chi connectivity index (χ2v) is 6.45. The molecule has 154 valence electrons.